The zero-order chi connectivity index (χ0) is 21.8. The highest BCUT2D eigenvalue weighted by Gasteiger charge is 2.15. The first-order chi connectivity index (χ1) is 15.0. The Morgan fingerprint density at radius 1 is 1.13 bits per heavy atom. The van der Waals surface area contributed by atoms with E-state index in [1.165, 1.54) is 16.9 Å². The SMILES string of the molecule is CC(C)c1nnc(NC(=O)Cc2csc(-c3ccc(CN4CCN(C)CC4)cc3)n2)s1. The highest BCUT2D eigenvalue weighted by molar-refractivity contribution is 7.15. The van der Waals surface area contributed by atoms with Crippen LogP contribution in [0.15, 0.2) is 29.6 Å². The molecule has 4 rings (SSSR count). The van der Waals surface area contributed by atoms with Gasteiger partial charge in [-0.1, -0.05) is 49.4 Å². The van der Waals surface area contributed by atoms with Gasteiger partial charge >= 0.3 is 0 Å². The van der Waals surface area contributed by atoms with Crippen LogP contribution in [0.5, 0.6) is 0 Å². The molecule has 9 heteroatoms. The number of benzene rings is 1. The number of amides is 1. The van der Waals surface area contributed by atoms with Crippen molar-refractivity contribution in [2.45, 2.75) is 32.7 Å². The van der Waals surface area contributed by atoms with E-state index >= 15 is 0 Å². The molecule has 0 atom stereocenters. The molecule has 1 amide bonds. The first-order valence-corrected chi connectivity index (χ1v) is 12.2. The molecule has 0 bridgehead atoms. The van der Waals surface area contributed by atoms with Crippen LogP contribution >= 0.6 is 22.7 Å². The van der Waals surface area contributed by atoms with Crippen LogP contribution in [0.4, 0.5) is 5.13 Å². The molecular weight excluding hydrogens is 428 g/mol. The molecule has 1 aliphatic rings. The van der Waals surface area contributed by atoms with Crippen LogP contribution < -0.4 is 5.32 Å². The van der Waals surface area contributed by atoms with Gasteiger partial charge in [0.2, 0.25) is 11.0 Å². The van der Waals surface area contributed by atoms with Crippen molar-refractivity contribution in [1.82, 2.24) is 25.0 Å². The van der Waals surface area contributed by atoms with E-state index in [2.05, 4.69) is 75.5 Å². The third-order valence-electron chi connectivity index (χ3n) is 5.28. The van der Waals surface area contributed by atoms with Crippen LogP contribution in [-0.4, -0.2) is 64.1 Å². The summed E-state index contributed by atoms with van der Waals surface area (Å²) >= 11 is 2.99. The molecule has 2 aromatic heterocycles. The number of aromatic nitrogens is 3. The first kappa shape index (κ1) is 22.0. The van der Waals surface area contributed by atoms with Gasteiger partial charge in [-0.05, 0) is 12.6 Å². The molecule has 3 aromatic rings. The highest BCUT2D eigenvalue weighted by atomic mass is 32.1. The molecule has 0 spiro atoms. The number of nitrogens with one attached hydrogen (secondary N) is 1. The maximum absolute atomic E-state index is 12.3. The van der Waals surface area contributed by atoms with E-state index in [0.717, 1.165) is 54.0 Å². The second-order valence-corrected chi connectivity index (χ2v) is 10.1. The minimum Gasteiger partial charge on any atom is -0.304 e. The molecule has 3 heterocycles. The Bertz CT molecular complexity index is 1010. The lowest BCUT2D eigenvalue weighted by Gasteiger charge is -2.32. The van der Waals surface area contributed by atoms with Gasteiger partial charge in [0.15, 0.2) is 0 Å². The molecular formula is C22H28N6OS2. The summed E-state index contributed by atoms with van der Waals surface area (Å²) in [5.74, 6) is 0.183. The Balaban J connectivity index is 1.32. The van der Waals surface area contributed by atoms with Crippen molar-refractivity contribution in [3.8, 4) is 10.6 Å². The lowest BCUT2D eigenvalue weighted by Crippen LogP contribution is -2.43. The Labute approximate surface area is 191 Å². The van der Waals surface area contributed by atoms with Gasteiger partial charge in [-0.3, -0.25) is 9.69 Å². The summed E-state index contributed by atoms with van der Waals surface area (Å²) < 4.78 is 0. The van der Waals surface area contributed by atoms with Crippen LogP contribution in [0.25, 0.3) is 10.6 Å². The summed E-state index contributed by atoms with van der Waals surface area (Å²) in [4.78, 5) is 21.9. The number of anilines is 1. The zero-order valence-electron chi connectivity index (χ0n) is 18.2. The molecule has 0 unspecified atom stereocenters. The maximum atomic E-state index is 12.3. The number of hydrogen-bond donors (Lipinski definition) is 1. The summed E-state index contributed by atoms with van der Waals surface area (Å²) in [6, 6.07) is 8.62. The molecule has 7 nitrogen and oxygen atoms in total. The topological polar surface area (TPSA) is 74.2 Å². The maximum Gasteiger partial charge on any atom is 0.232 e. The number of rotatable bonds is 7. The molecule has 0 aliphatic carbocycles. The van der Waals surface area contributed by atoms with Crippen LogP contribution in [-0.2, 0) is 17.8 Å². The minimum atomic E-state index is -0.120. The fraction of sp³-hybridized carbons (Fsp3) is 0.455. The second-order valence-electron chi connectivity index (χ2n) is 8.25. The fourth-order valence-corrected chi connectivity index (χ4v) is 4.97. The van der Waals surface area contributed by atoms with Crippen LogP contribution in [0.2, 0.25) is 0 Å². The average Bonchev–Trinajstić information content (AvgIpc) is 3.40. The summed E-state index contributed by atoms with van der Waals surface area (Å²) in [6.07, 6.45) is 0.231. The van der Waals surface area contributed by atoms with E-state index in [9.17, 15) is 4.79 Å². The van der Waals surface area contributed by atoms with Crippen LogP contribution in [0.3, 0.4) is 0 Å². The zero-order valence-corrected chi connectivity index (χ0v) is 19.8. The van der Waals surface area contributed by atoms with Gasteiger partial charge < -0.3 is 10.2 Å². The third kappa shape index (κ3) is 5.94. The standard InChI is InChI=1S/C22H28N6OS2/c1-15(2)20-25-26-22(31-20)24-19(29)12-18-14-30-21(23-18)17-6-4-16(5-7-17)13-28-10-8-27(3)9-11-28/h4-7,14-15H,8-13H2,1-3H3,(H,24,26,29). The molecule has 31 heavy (non-hydrogen) atoms. The molecule has 1 aromatic carbocycles. The van der Waals surface area contributed by atoms with Crippen molar-refractivity contribution in [3.05, 3.63) is 45.9 Å². The van der Waals surface area contributed by atoms with E-state index in [1.807, 2.05) is 5.38 Å². The van der Waals surface area contributed by atoms with Crippen molar-refractivity contribution in [3.63, 3.8) is 0 Å². The third-order valence-corrected chi connectivity index (χ3v) is 7.36. The monoisotopic (exact) mass is 456 g/mol. The van der Waals surface area contributed by atoms with Gasteiger partial charge in [0, 0.05) is 49.6 Å². The predicted octanol–water partition coefficient (Wildman–Crippen LogP) is 3.71. The summed E-state index contributed by atoms with van der Waals surface area (Å²) in [5.41, 5.74) is 3.18. The lowest BCUT2D eigenvalue weighted by atomic mass is 10.1. The molecule has 164 valence electrons. The Morgan fingerprint density at radius 3 is 2.55 bits per heavy atom. The summed E-state index contributed by atoms with van der Waals surface area (Å²) in [6.45, 7) is 9.60. The molecule has 1 N–H and O–H groups in total. The molecule has 1 saturated heterocycles. The number of hydrogen-bond acceptors (Lipinski definition) is 8. The van der Waals surface area contributed by atoms with Gasteiger partial charge in [0.05, 0.1) is 12.1 Å². The first-order valence-electron chi connectivity index (χ1n) is 10.5. The van der Waals surface area contributed by atoms with Crippen molar-refractivity contribution in [1.29, 1.82) is 0 Å². The number of thiazole rings is 1. The predicted molar refractivity (Wildman–Crippen MR) is 127 cm³/mol. The fourth-order valence-electron chi connectivity index (χ4n) is 3.38. The number of nitrogens with zero attached hydrogens (tertiary/aromatic N) is 5. The quantitative estimate of drug-likeness (QED) is 0.584. The van der Waals surface area contributed by atoms with E-state index in [1.54, 1.807) is 11.3 Å². The normalized spacial score (nSPS) is 15.5. The average molecular weight is 457 g/mol. The van der Waals surface area contributed by atoms with E-state index in [-0.39, 0.29) is 12.3 Å². The van der Waals surface area contributed by atoms with E-state index < -0.39 is 0 Å². The minimum absolute atomic E-state index is 0.120. The van der Waals surface area contributed by atoms with Gasteiger partial charge in [0.1, 0.15) is 10.0 Å². The van der Waals surface area contributed by atoms with Gasteiger partial charge in [-0.25, -0.2) is 4.98 Å². The molecule has 0 radical (unpaired) electrons. The number of carbonyl (C=O) groups is 1. The lowest BCUT2D eigenvalue weighted by molar-refractivity contribution is -0.115. The second kappa shape index (κ2) is 9.95. The van der Waals surface area contributed by atoms with Crippen LogP contribution in [0.1, 0.15) is 36.0 Å². The Hall–Kier alpha value is -2.20. The molecule has 1 fully saturated rings. The van der Waals surface area contributed by atoms with Crippen molar-refractivity contribution in [2.24, 2.45) is 0 Å². The summed E-state index contributed by atoms with van der Waals surface area (Å²) in [5, 5.41) is 15.3. The van der Waals surface area contributed by atoms with Gasteiger partial charge in [-0.2, -0.15) is 0 Å². The Morgan fingerprint density at radius 2 is 1.87 bits per heavy atom. The van der Waals surface area contributed by atoms with Crippen molar-refractivity contribution >= 4 is 33.7 Å². The van der Waals surface area contributed by atoms with E-state index in [4.69, 9.17) is 0 Å². The number of carbonyl (C=O) groups excluding carboxylic acids is 1. The van der Waals surface area contributed by atoms with E-state index in [0.29, 0.717) is 11.0 Å². The number of likely N-dealkylation sites (N-methyl/N-ethyl adjacent to an activating group) is 1. The van der Waals surface area contributed by atoms with Crippen molar-refractivity contribution < 1.29 is 4.79 Å². The molecule has 0 saturated carbocycles. The smallest absolute Gasteiger partial charge is 0.232 e. The Kier molecular flexibility index (Phi) is 7.06. The molecule has 1 aliphatic heterocycles. The van der Waals surface area contributed by atoms with Gasteiger partial charge in [-0.15, -0.1) is 21.5 Å². The highest BCUT2D eigenvalue weighted by Crippen LogP contribution is 2.26. The van der Waals surface area contributed by atoms with Crippen molar-refractivity contribution in [2.75, 3.05) is 38.5 Å². The van der Waals surface area contributed by atoms with Gasteiger partial charge in [0.25, 0.3) is 0 Å². The summed E-state index contributed by atoms with van der Waals surface area (Å²) in [7, 11) is 2.18. The largest absolute Gasteiger partial charge is 0.304 e. The van der Waals surface area contributed by atoms with Crippen LogP contribution in [0, 0.1) is 0 Å². The number of piperazine rings is 1.